The van der Waals surface area contributed by atoms with Crippen LogP contribution in [0.15, 0.2) is 24.5 Å². The number of amides is 1. The molecule has 1 aromatic rings. The van der Waals surface area contributed by atoms with Crippen LogP contribution < -0.4 is 0 Å². The van der Waals surface area contributed by atoms with Crippen molar-refractivity contribution < 1.29 is 9.53 Å². The second kappa shape index (κ2) is 6.34. The van der Waals surface area contributed by atoms with Crippen LogP contribution in [0.25, 0.3) is 0 Å². The lowest BCUT2D eigenvalue weighted by Crippen LogP contribution is -2.45. The molecule has 2 fully saturated rings. The predicted molar refractivity (Wildman–Crippen MR) is 84.3 cm³/mol. The topological polar surface area (TPSA) is 45.7 Å². The number of hydrogen-bond acceptors (Lipinski definition) is 4. The molecule has 22 heavy (non-hydrogen) atoms. The van der Waals surface area contributed by atoms with E-state index in [-0.39, 0.29) is 17.6 Å². The molecule has 2 aliphatic rings. The van der Waals surface area contributed by atoms with E-state index in [1.54, 1.807) is 19.0 Å². The zero-order valence-corrected chi connectivity index (χ0v) is 13.5. The summed E-state index contributed by atoms with van der Waals surface area (Å²) in [4.78, 5) is 20.3. The number of rotatable bonds is 3. The van der Waals surface area contributed by atoms with Gasteiger partial charge >= 0.3 is 0 Å². The molecule has 0 saturated carbocycles. The average Bonchev–Trinajstić information content (AvgIpc) is 2.94. The maximum absolute atomic E-state index is 12.1. The smallest absolute Gasteiger partial charge is 0.251 e. The largest absolute Gasteiger partial charge is 0.362 e. The van der Waals surface area contributed by atoms with Gasteiger partial charge in [-0.3, -0.25) is 14.7 Å². The molecule has 1 amide bonds. The molecule has 5 nitrogen and oxygen atoms in total. The third-order valence-electron chi connectivity index (χ3n) is 4.87. The number of carbonyl (C=O) groups excluding carboxylic acids is 1. The third-order valence-corrected chi connectivity index (χ3v) is 4.87. The molecular formula is C17H25N3O2. The molecule has 0 radical (unpaired) electrons. The Morgan fingerprint density at radius 2 is 2.18 bits per heavy atom. The fourth-order valence-corrected chi connectivity index (χ4v) is 3.51. The Bertz CT molecular complexity index is 510. The Balaban J connectivity index is 1.53. The molecule has 0 bridgehead atoms. The van der Waals surface area contributed by atoms with Crippen LogP contribution in [0, 0.1) is 0 Å². The zero-order valence-electron chi connectivity index (χ0n) is 13.5. The number of nitrogens with zero attached hydrogens (tertiary/aromatic N) is 3. The number of aromatic nitrogens is 1. The van der Waals surface area contributed by atoms with Crippen LogP contribution in [0.4, 0.5) is 0 Å². The average molecular weight is 303 g/mol. The maximum atomic E-state index is 12.1. The minimum absolute atomic E-state index is 0.0677. The Labute approximate surface area is 132 Å². The lowest BCUT2D eigenvalue weighted by atomic mass is 9.88. The van der Waals surface area contributed by atoms with Crippen molar-refractivity contribution in [3.05, 3.63) is 30.1 Å². The van der Waals surface area contributed by atoms with Crippen molar-refractivity contribution in [2.24, 2.45) is 0 Å². The van der Waals surface area contributed by atoms with Crippen molar-refractivity contribution in [3.63, 3.8) is 0 Å². The van der Waals surface area contributed by atoms with E-state index in [0.29, 0.717) is 0 Å². The molecule has 0 aliphatic carbocycles. The van der Waals surface area contributed by atoms with E-state index in [4.69, 9.17) is 4.74 Å². The summed E-state index contributed by atoms with van der Waals surface area (Å²) < 4.78 is 6.18. The summed E-state index contributed by atoms with van der Waals surface area (Å²) in [7, 11) is 3.60. The van der Waals surface area contributed by atoms with E-state index in [2.05, 4.69) is 16.0 Å². The fraction of sp³-hybridized carbons (Fsp3) is 0.647. The zero-order chi connectivity index (χ0) is 15.6. The summed E-state index contributed by atoms with van der Waals surface area (Å²) in [5.41, 5.74) is 1.19. The van der Waals surface area contributed by atoms with Gasteiger partial charge in [-0.1, -0.05) is 6.07 Å². The fourth-order valence-electron chi connectivity index (χ4n) is 3.51. The highest BCUT2D eigenvalue weighted by Crippen LogP contribution is 2.39. The van der Waals surface area contributed by atoms with E-state index >= 15 is 0 Å². The normalized spacial score (nSPS) is 24.5. The van der Waals surface area contributed by atoms with E-state index in [1.807, 2.05) is 18.5 Å². The minimum Gasteiger partial charge on any atom is -0.362 e. The van der Waals surface area contributed by atoms with Crippen LogP contribution in [0.3, 0.4) is 0 Å². The number of carbonyl (C=O) groups is 1. The summed E-state index contributed by atoms with van der Waals surface area (Å²) in [6.07, 6.45) is 7.41. The first-order valence-corrected chi connectivity index (χ1v) is 8.08. The van der Waals surface area contributed by atoms with Crippen LogP contribution in [0.1, 0.15) is 31.2 Å². The van der Waals surface area contributed by atoms with Crippen LogP contribution in [0.5, 0.6) is 0 Å². The van der Waals surface area contributed by atoms with Gasteiger partial charge in [-0.2, -0.15) is 0 Å². The maximum Gasteiger partial charge on any atom is 0.251 e. The molecule has 1 aromatic heterocycles. The number of likely N-dealkylation sites (tertiary alicyclic amines) is 1. The Morgan fingerprint density at radius 3 is 2.82 bits per heavy atom. The highest BCUT2D eigenvalue weighted by Gasteiger charge is 2.44. The summed E-state index contributed by atoms with van der Waals surface area (Å²) in [6.45, 7) is 3.00. The minimum atomic E-state index is -0.236. The lowest BCUT2D eigenvalue weighted by Gasteiger charge is -2.39. The van der Waals surface area contributed by atoms with Gasteiger partial charge in [0.1, 0.15) is 6.10 Å². The van der Waals surface area contributed by atoms with Crippen molar-refractivity contribution in [3.8, 4) is 0 Å². The number of piperidine rings is 1. The molecule has 0 N–H and O–H groups in total. The molecule has 2 aliphatic heterocycles. The van der Waals surface area contributed by atoms with Gasteiger partial charge in [0.15, 0.2) is 0 Å². The molecule has 0 unspecified atom stereocenters. The van der Waals surface area contributed by atoms with Crippen molar-refractivity contribution in [2.45, 2.75) is 43.9 Å². The highest BCUT2D eigenvalue weighted by atomic mass is 16.5. The van der Waals surface area contributed by atoms with Crippen LogP contribution in [-0.4, -0.2) is 59.6 Å². The SMILES string of the molecule is CN(C)C(=O)[C@H]1CCC2(CCN(Cc3cccnc3)CC2)O1. The molecular weight excluding hydrogens is 278 g/mol. The van der Waals surface area contributed by atoms with Gasteiger partial charge < -0.3 is 9.64 Å². The van der Waals surface area contributed by atoms with Crippen LogP contribution in [-0.2, 0) is 16.1 Å². The second-order valence-electron chi connectivity index (χ2n) is 6.70. The molecule has 1 spiro atoms. The number of ether oxygens (including phenoxy) is 1. The Hall–Kier alpha value is -1.46. The standard InChI is InChI=1S/C17H25N3O2/c1-19(2)16(21)15-5-6-17(22-15)7-10-20(11-8-17)13-14-4-3-9-18-12-14/h3-4,9,12,15H,5-8,10-11,13H2,1-2H3/t15-/m1/s1. The second-order valence-corrected chi connectivity index (χ2v) is 6.70. The molecule has 120 valence electrons. The van der Waals surface area contributed by atoms with Gasteiger partial charge in [0, 0.05) is 46.1 Å². The lowest BCUT2D eigenvalue weighted by molar-refractivity contribution is -0.148. The van der Waals surface area contributed by atoms with Gasteiger partial charge in [0.25, 0.3) is 5.91 Å². The van der Waals surface area contributed by atoms with E-state index in [1.165, 1.54) is 5.56 Å². The monoisotopic (exact) mass is 303 g/mol. The first-order chi connectivity index (χ1) is 10.6. The third kappa shape index (κ3) is 3.31. The summed E-state index contributed by atoms with van der Waals surface area (Å²) >= 11 is 0. The Kier molecular flexibility index (Phi) is 4.45. The van der Waals surface area contributed by atoms with Gasteiger partial charge in [0.05, 0.1) is 5.60 Å². The summed E-state index contributed by atoms with van der Waals surface area (Å²) in [6, 6.07) is 4.10. The van der Waals surface area contributed by atoms with Crippen LogP contribution in [0.2, 0.25) is 0 Å². The molecule has 0 aromatic carbocycles. The molecule has 1 atom stereocenters. The molecule has 3 rings (SSSR count). The molecule has 2 saturated heterocycles. The van der Waals surface area contributed by atoms with Gasteiger partial charge in [0.2, 0.25) is 0 Å². The number of pyridine rings is 1. The molecule has 3 heterocycles. The summed E-state index contributed by atoms with van der Waals surface area (Å²) in [5, 5.41) is 0. The highest BCUT2D eigenvalue weighted by molar-refractivity contribution is 5.80. The van der Waals surface area contributed by atoms with E-state index in [9.17, 15) is 4.79 Å². The summed E-state index contributed by atoms with van der Waals surface area (Å²) in [5.74, 6) is 0.106. The van der Waals surface area contributed by atoms with Crippen molar-refractivity contribution in [1.82, 2.24) is 14.8 Å². The predicted octanol–water partition coefficient (Wildman–Crippen LogP) is 1.68. The number of likely N-dealkylation sites (N-methyl/N-ethyl adjacent to an activating group) is 1. The first-order valence-electron chi connectivity index (χ1n) is 8.08. The van der Waals surface area contributed by atoms with Gasteiger partial charge in [-0.15, -0.1) is 0 Å². The Morgan fingerprint density at radius 1 is 1.41 bits per heavy atom. The van der Waals surface area contributed by atoms with E-state index < -0.39 is 0 Å². The first kappa shape index (κ1) is 15.4. The van der Waals surface area contributed by atoms with Crippen LogP contribution >= 0.6 is 0 Å². The van der Waals surface area contributed by atoms with Crippen molar-refractivity contribution >= 4 is 5.91 Å². The van der Waals surface area contributed by atoms with Gasteiger partial charge in [-0.25, -0.2) is 0 Å². The quantitative estimate of drug-likeness (QED) is 0.852. The van der Waals surface area contributed by atoms with Crippen molar-refractivity contribution in [1.29, 1.82) is 0 Å². The van der Waals surface area contributed by atoms with E-state index in [0.717, 1.165) is 45.3 Å². The van der Waals surface area contributed by atoms with Gasteiger partial charge in [-0.05, 0) is 37.3 Å². The molecule has 5 heteroatoms. The van der Waals surface area contributed by atoms with Crippen molar-refractivity contribution in [2.75, 3.05) is 27.2 Å². The number of hydrogen-bond donors (Lipinski definition) is 0.